The van der Waals surface area contributed by atoms with Gasteiger partial charge in [-0.3, -0.25) is 10.3 Å². The Labute approximate surface area is 218 Å². The van der Waals surface area contributed by atoms with Crippen molar-refractivity contribution in [2.75, 3.05) is 58.5 Å². The van der Waals surface area contributed by atoms with Crippen LogP contribution in [0.3, 0.4) is 0 Å². The summed E-state index contributed by atoms with van der Waals surface area (Å²) in [7, 11) is -0.385. The number of amidine groups is 1. The Morgan fingerprint density at radius 3 is 2.38 bits per heavy atom. The molecule has 0 spiro atoms. The predicted octanol–water partition coefficient (Wildman–Crippen LogP) is 2.58. The van der Waals surface area contributed by atoms with Crippen LogP contribution in [-0.4, -0.2) is 83.0 Å². The maximum absolute atomic E-state index is 13.5. The highest BCUT2D eigenvalue weighted by Crippen LogP contribution is 2.29. The van der Waals surface area contributed by atoms with Crippen LogP contribution in [0.15, 0.2) is 53.4 Å². The monoisotopic (exact) mass is 529 g/mol. The maximum atomic E-state index is 13.5. The minimum Gasteiger partial charge on any atom is -0.497 e. The number of carbonyl (C=O) groups is 1. The molecule has 1 atom stereocenters. The van der Waals surface area contributed by atoms with Gasteiger partial charge in [-0.2, -0.15) is 4.31 Å². The van der Waals surface area contributed by atoms with E-state index in [4.69, 9.17) is 20.6 Å². The molecule has 200 valence electrons. The number of piperidine rings is 1. The standard InChI is InChI=1S/C26H35N5O5S/c1-35-18-20-16-29(26(32)31(17-20)22-5-3-4-21(14-22)25(27)28)15-19-10-12-30(13-11-19)37(33,34)24-8-6-23(36-2)7-9-24/h3-9,14,19-20H,10-13,15-18H2,1-2H3,(H3,27,28). The van der Waals surface area contributed by atoms with E-state index in [9.17, 15) is 13.2 Å². The van der Waals surface area contributed by atoms with E-state index in [-0.39, 0.29) is 28.6 Å². The van der Waals surface area contributed by atoms with Gasteiger partial charge in [0.2, 0.25) is 10.0 Å². The lowest BCUT2D eigenvalue weighted by molar-refractivity contribution is 0.105. The van der Waals surface area contributed by atoms with Crippen LogP contribution in [0.2, 0.25) is 0 Å². The third-order valence-corrected chi connectivity index (χ3v) is 8.95. The lowest BCUT2D eigenvalue weighted by atomic mass is 9.96. The SMILES string of the molecule is COCC1CN(CC2CCN(S(=O)(=O)c3ccc(OC)cc3)CC2)C(=O)N(c2cccc(C(=N)N)c2)C1. The number of amides is 2. The van der Waals surface area contributed by atoms with E-state index in [2.05, 4.69) is 0 Å². The first kappa shape index (κ1) is 26.9. The molecule has 1 unspecified atom stereocenters. The molecule has 2 aliphatic heterocycles. The molecular formula is C26H35N5O5S. The summed E-state index contributed by atoms with van der Waals surface area (Å²) in [6, 6.07) is 13.5. The Kier molecular flexibility index (Phi) is 8.35. The molecule has 0 aromatic heterocycles. The average Bonchev–Trinajstić information content (AvgIpc) is 2.91. The highest BCUT2D eigenvalue weighted by Gasteiger charge is 2.36. The molecule has 2 heterocycles. The van der Waals surface area contributed by atoms with E-state index < -0.39 is 10.0 Å². The van der Waals surface area contributed by atoms with E-state index in [0.29, 0.717) is 69.2 Å². The molecule has 0 bridgehead atoms. The van der Waals surface area contributed by atoms with Gasteiger partial charge in [0.05, 0.1) is 18.6 Å². The number of hydrogen-bond donors (Lipinski definition) is 2. The third kappa shape index (κ3) is 6.06. The van der Waals surface area contributed by atoms with Crippen LogP contribution in [-0.2, 0) is 14.8 Å². The number of sulfonamides is 1. The summed E-state index contributed by atoms with van der Waals surface area (Å²) in [6.07, 6.45) is 1.35. The summed E-state index contributed by atoms with van der Waals surface area (Å²) < 4.78 is 38.3. The van der Waals surface area contributed by atoms with E-state index >= 15 is 0 Å². The molecule has 2 amide bonds. The van der Waals surface area contributed by atoms with Gasteiger partial charge in [-0.25, -0.2) is 13.2 Å². The number of anilines is 1. The predicted molar refractivity (Wildman–Crippen MR) is 142 cm³/mol. The number of nitrogen functional groups attached to an aromatic ring is 1. The number of carbonyl (C=O) groups excluding carboxylic acids is 1. The Bertz CT molecular complexity index is 1210. The van der Waals surface area contributed by atoms with Gasteiger partial charge in [0, 0.05) is 57.0 Å². The number of rotatable bonds is 9. The first-order valence-corrected chi connectivity index (χ1v) is 13.8. The van der Waals surface area contributed by atoms with Crippen molar-refractivity contribution in [2.24, 2.45) is 17.6 Å². The topological polar surface area (TPSA) is 129 Å². The quantitative estimate of drug-likeness (QED) is 0.379. The number of ether oxygens (including phenoxy) is 2. The van der Waals surface area contributed by atoms with Crippen LogP contribution in [0.1, 0.15) is 18.4 Å². The van der Waals surface area contributed by atoms with Crippen LogP contribution in [0.4, 0.5) is 10.5 Å². The highest BCUT2D eigenvalue weighted by atomic mass is 32.2. The number of benzene rings is 2. The fourth-order valence-corrected chi connectivity index (χ4v) is 6.52. The van der Waals surface area contributed by atoms with Crippen molar-refractivity contribution in [3.8, 4) is 5.75 Å². The molecule has 2 fully saturated rings. The maximum Gasteiger partial charge on any atom is 0.324 e. The van der Waals surface area contributed by atoms with Crippen molar-refractivity contribution in [3.63, 3.8) is 0 Å². The van der Waals surface area contributed by atoms with Crippen molar-refractivity contribution >= 4 is 27.6 Å². The first-order valence-electron chi connectivity index (χ1n) is 12.4. The Hall–Kier alpha value is -3.15. The molecule has 11 heteroatoms. The molecule has 37 heavy (non-hydrogen) atoms. The zero-order chi connectivity index (χ0) is 26.6. The second-order valence-electron chi connectivity index (χ2n) is 9.61. The smallest absolute Gasteiger partial charge is 0.324 e. The van der Waals surface area contributed by atoms with E-state index in [1.54, 1.807) is 61.6 Å². The molecule has 2 aromatic rings. The molecule has 4 rings (SSSR count). The average molecular weight is 530 g/mol. The molecule has 3 N–H and O–H groups in total. The van der Waals surface area contributed by atoms with Crippen molar-refractivity contribution in [1.82, 2.24) is 9.21 Å². The van der Waals surface area contributed by atoms with Crippen molar-refractivity contribution in [1.29, 1.82) is 5.41 Å². The summed E-state index contributed by atoms with van der Waals surface area (Å²) >= 11 is 0. The van der Waals surface area contributed by atoms with E-state index in [1.165, 1.54) is 4.31 Å². The number of nitrogens with zero attached hydrogens (tertiary/aromatic N) is 3. The van der Waals surface area contributed by atoms with Gasteiger partial charge >= 0.3 is 6.03 Å². The second-order valence-corrected chi connectivity index (χ2v) is 11.5. The molecule has 2 saturated heterocycles. The summed E-state index contributed by atoms with van der Waals surface area (Å²) in [5, 5.41) is 7.74. The van der Waals surface area contributed by atoms with Gasteiger partial charge in [0.25, 0.3) is 0 Å². The van der Waals surface area contributed by atoms with E-state index in [0.717, 1.165) is 0 Å². The lowest BCUT2D eigenvalue weighted by Gasteiger charge is -2.42. The summed E-state index contributed by atoms with van der Waals surface area (Å²) in [5.41, 5.74) is 6.93. The highest BCUT2D eigenvalue weighted by molar-refractivity contribution is 7.89. The van der Waals surface area contributed by atoms with Crippen LogP contribution >= 0.6 is 0 Å². The molecule has 0 saturated carbocycles. The van der Waals surface area contributed by atoms with Gasteiger partial charge < -0.3 is 20.1 Å². The fourth-order valence-electron chi connectivity index (χ4n) is 5.05. The fraction of sp³-hybridized carbons (Fsp3) is 0.462. The van der Waals surface area contributed by atoms with Crippen molar-refractivity contribution in [2.45, 2.75) is 17.7 Å². The normalized spacial score (nSPS) is 19.7. The van der Waals surface area contributed by atoms with Crippen LogP contribution in [0.5, 0.6) is 5.75 Å². The zero-order valence-corrected chi connectivity index (χ0v) is 22.1. The number of nitrogens with two attached hydrogens (primary N) is 1. The van der Waals surface area contributed by atoms with E-state index in [1.807, 2.05) is 11.0 Å². The van der Waals surface area contributed by atoms with Gasteiger partial charge in [-0.15, -0.1) is 0 Å². The summed E-state index contributed by atoms with van der Waals surface area (Å²) in [4.78, 5) is 17.3. The minimum absolute atomic E-state index is 0.0482. The van der Waals surface area contributed by atoms with Gasteiger partial charge in [0.15, 0.2) is 0 Å². The first-order chi connectivity index (χ1) is 17.7. The molecule has 2 aromatic carbocycles. The lowest BCUT2D eigenvalue weighted by Crippen LogP contribution is -2.56. The zero-order valence-electron chi connectivity index (χ0n) is 21.3. The van der Waals surface area contributed by atoms with Crippen LogP contribution < -0.4 is 15.4 Å². The second kappa shape index (κ2) is 11.5. The van der Waals surface area contributed by atoms with Crippen molar-refractivity contribution < 1.29 is 22.7 Å². The third-order valence-electron chi connectivity index (χ3n) is 7.04. The van der Waals surface area contributed by atoms with Gasteiger partial charge in [-0.05, 0) is 55.2 Å². The van der Waals surface area contributed by atoms with Crippen LogP contribution in [0.25, 0.3) is 0 Å². The molecule has 2 aliphatic rings. The molecule has 0 radical (unpaired) electrons. The Balaban J connectivity index is 1.43. The van der Waals surface area contributed by atoms with Gasteiger partial charge in [-0.1, -0.05) is 12.1 Å². The number of urea groups is 1. The van der Waals surface area contributed by atoms with Crippen LogP contribution in [0, 0.1) is 17.2 Å². The van der Waals surface area contributed by atoms with Gasteiger partial charge in [0.1, 0.15) is 11.6 Å². The molecular weight excluding hydrogens is 494 g/mol. The molecule has 10 nitrogen and oxygen atoms in total. The largest absolute Gasteiger partial charge is 0.497 e. The number of methoxy groups -OCH3 is 2. The molecule has 0 aliphatic carbocycles. The summed E-state index contributed by atoms with van der Waals surface area (Å²) in [5.74, 6) is 0.878. The number of nitrogens with one attached hydrogen (secondary N) is 1. The minimum atomic E-state index is -3.58. The summed E-state index contributed by atoms with van der Waals surface area (Å²) in [6.45, 7) is 2.99. The Morgan fingerprint density at radius 2 is 1.76 bits per heavy atom. The van der Waals surface area contributed by atoms with Crippen molar-refractivity contribution in [3.05, 3.63) is 54.1 Å². The number of hydrogen-bond acceptors (Lipinski definition) is 6. The Morgan fingerprint density at radius 1 is 1.05 bits per heavy atom.